The Labute approximate surface area is 157 Å². The minimum absolute atomic E-state index is 0.00102. The Morgan fingerprint density at radius 1 is 1.04 bits per heavy atom. The van der Waals surface area contributed by atoms with Gasteiger partial charge in [-0.3, -0.25) is 4.79 Å². The highest BCUT2D eigenvalue weighted by molar-refractivity contribution is 5.81. The molecular weight excluding hydrogens is 322 g/mol. The first-order valence-electron chi connectivity index (χ1n) is 9.50. The van der Waals surface area contributed by atoms with Crippen molar-refractivity contribution in [1.82, 2.24) is 5.32 Å². The molecule has 3 heteroatoms. The molecule has 0 spiro atoms. The smallest absolute Gasteiger partial charge is 0.261 e. The lowest BCUT2D eigenvalue weighted by Crippen LogP contribution is -2.40. The lowest BCUT2D eigenvalue weighted by Gasteiger charge is -2.24. The summed E-state index contributed by atoms with van der Waals surface area (Å²) in [5.74, 6) is 1.18. The molecule has 140 valence electrons. The molecule has 0 aromatic heterocycles. The van der Waals surface area contributed by atoms with E-state index >= 15 is 0 Å². The van der Waals surface area contributed by atoms with Crippen molar-refractivity contribution in [2.45, 2.75) is 59.6 Å². The van der Waals surface area contributed by atoms with Crippen molar-refractivity contribution >= 4 is 5.91 Å². The SMILES string of the molecule is CC[C@H](Oc1ccc(C)c(C)c1)C(=O)N[C@@H](CC(C)C)c1ccccc1. The van der Waals surface area contributed by atoms with E-state index in [1.54, 1.807) is 0 Å². The number of hydrogen-bond donors (Lipinski definition) is 1. The molecule has 0 unspecified atom stereocenters. The number of amides is 1. The average molecular weight is 354 g/mol. The maximum Gasteiger partial charge on any atom is 0.261 e. The van der Waals surface area contributed by atoms with Crippen molar-refractivity contribution in [3.63, 3.8) is 0 Å². The zero-order chi connectivity index (χ0) is 19.1. The number of benzene rings is 2. The van der Waals surface area contributed by atoms with Gasteiger partial charge in [-0.15, -0.1) is 0 Å². The number of aryl methyl sites for hydroxylation is 2. The molecule has 3 nitrogen and oxygen atoms in total. The van der Waals surface area contributed by atoms with Gasteiger partial charge < -0.3 is 10.1 Å². The van der Waals surface area contributed by atoms with Crippen LogP contribution in [-0.2, 0) is 4.79 Å². The van der Waals surface area contributed by atoms with Gasteiger partial charge in [0.2, 0.25) is 0 Å². The van der Waals surface area contributed by atoms with E-state index in [2.05, 4.69) is 45.1 Å². The number of ether oxygens (including phenoxy) is 1. The Balaban J connectivity index is 2.11. The highest BCUT2D eigenvalue weighted by Gasteiger charge is 2.23. The number of carbonyl (C=O) groups is 1. The summed E-state index contributed by atoms with van der Waals surface area (Å²) in [5, 5.41) is 3.20. The van der Waals surface area contributed by atoms with Crippen molar-refractivity contribution in [3.05, 3.63) is 65.2 Å². The van der Waals surface area contributed by atoms with Gasteiger partial charge in [-0.25, -0.2) is 0 Å². The van der Waals surface area contributed by atoms with E-state index in [1.807, 2.05) is 43.3 Å². The first-order valence-corrected chi connectivity index (χ1v) is 9.50. The van der Waals surface area contributed by atoms with Crippen LogP contribution in [0.4, 0.5) is 0 Å². The zero-order valence-electron chi connectivity index (χ0n) is 16.6. The topological polar surface area (TPSA) is 38.3 Å². The maximum absolute atomic E-state index is 12.9. The molecule has 0 saturated heterocycles. The molecule has 2 rings (SSSR count). The third-order valence-electron chi connectivity index (χ3n) is 4.65. The molecule has 26 heavy (non-hydrogen) atoms. The minimum Gasteiger partial charge on any atom is -0.481 e. The highest BCUT2D eigenvalue weighted by atomic mass is 16.5. The molecule has 0 bridgehead atoms. The van der Waals surface area contributed by atoms with Gasteiger partial charge in [-0.05, 0) is 61.4 Å². The lowest BCUT2D eigenvalue weighted by atomic mass is 9.96. The molecule has 0 aliphatic rings. The molecule has 1 N–H and O–H groups in total. The van der Waals surface area contributed by atoms with Crippen LogP contribution in [0.5, 0.6) is 5.75 Å². The molecule has 2 aromatic rings. The number of carbonyl (C=O) groups excluding carboxylic acids is 1. The largest absolute Gasteiger partial charge is 0.481 e. The van der Waals surface area contributed by atoms with Gasteiger partial charge in [-0.2, -0.15) is 0 Å². The summed E-state index contributed by atoms with van der Waals surface area (Å²) in [6, 6.07) is 16.1. The Morgan fingerprint density at radius 2 is 1.73 bits per heavy atom. The number of hydrogen-bond acceptors (Lipinski definition) is 2. The summed E-state index contributed by atoms with van der Waals surface area (Å²) < 4.78 is 5.99. The predicted octanol–water partition coefficient (Wildman–Crippen LogP) is 5.36. The second-order valence-electron chi connectivity index (χ2n) is 7.36. The fraction of sp³-hybridized carbons (Fsp3) is 0.435. The first-order chi connectivity index (χ1) is 12.4. The molecule has 0 fully saturated rings. The van der Waals surface area contributed by atoms with Gasteiger partial charge in [0.25, 0.3) is 5.91 Å². The summed E-state index contributed by atoms with van der Waals surface area (Å²) in [6.07, 6.45) is 1.04. The van der Waals surface area contributed by atoms with E-state index in [9.17, 15) is 4.79 Å². The Hall–Kier alpha value is -2.29. The standard InChI is InChI=1S/C23H31NO2/c1-6-22(26-20-13-12-17(4)18(5)15-20)23(25)24-21(14-16(2)3)19-10-8-7-9-11-19/h7-13,15-16,21-22H,6,14H2,1-5H3,(H,24,25)/t21-,22-/m0/s1. The van der Waals surface area contributed by atoms with Crippen LogP contribution in [0.25, 0.3) is 0 Å². The summed E-state index contributed by atoms with van der Waals surface area (Å²) in [7, 11) is 0. The van der Waals surface area contributed by atoms with Gasteiger partial charge in [0.1, 0.15) is 5.75 Å². The number of nitrogens with one attached hydrogen (secondary N) is 1. The zero-order valence-corrected chi connectivity index (χ0v) is 16.6. The van der Waals surface area contributed by atoms with Gasteiger partial charge >= 0.3 is 0 Å². The molecular formula is C23H31NO2. The molecule has 0 aliphatic heterocycles. The van der Waals surface area contributed by atoms with Crippen LogP contribution in [0.2, 0.25) is 0 Å². The van der Waals surface area contributed by atoms with Crippen molar-refractivity contribution < 1.29 is 9.53 Å². The van der Waals surface area contributed by atoms with Crippen LogP contribution in [0.15, 0.2) is 48.5 Å². The first kappa shape index (κ1) is 20.0. The molecule has 0 saturated carbocycles. The minimum atomic E-state index is -0.490. The third kappa shape index (κ3) is 5.62. The average Bonchev–Trinajstić information content (AvgIpc) is 2.62. The van der Waals surface area contributed by atoms with Gasteiger partial charge in [0.15, 0.2) is 6.10 Å². The van der Waals surface area contributed by atoms with E-state index in [1.165, 1.54) is 11.1 Å². The molecule has 2 aromatic carbocycles. The van der Waals surface area contributed by atoms with Crippen molar-refractivity contribution in [2.24, 2.45) is 5.92 Å². The normalized spacial score (nSPS) is 13.3. The molecule has 2 atom stereocenters. The lowest BCUT2D eigenvalue weighted by molar-refractivity contribution is -0.129. The van der Waals surface area contributed by atoms with Crippen LogP contribution in [0, 0.1) is 19.8 Å². The van der Waals surface area contributed by atoms with Crippen LogP contribution in [-0.4, -0.2) is 12.0 Å². The summed E-state index contributed by atoms with van der Waals surface area (Å²) in [5.41, 5.74) is 3.52. The van der Waals surface area contributed by atoms with Crippen LogP contribution in [0.1, 0.15) is 56.3 Å². The van der Waals surface area contributed by atoms with E-state index in [0.717, 1.165) is 17.7 Å². The molecule has 0 heterocycles. The monoisotopic (exact) mass is 353 g/mol. The van der Waals surface area contributed by atoms with Crippen molar-refractivity contribution in [1.29, 1.82) is 0 Å². The quantitative estimate of drug-likeness (QED) is 0.693. The van der Waals surface area contributed by atoms with Crippen LogP contribution in [0.3, 0.4) is 0 Å². The highest BCUT2D eigenvalue weighted by Crippen LogP contribution is 2.23. The number of rotatable bonds is 8. The second-order valence-corrected chi connectivity index (χ2v) is 7.36. The fourth-order valence-electron chi connectivity index (χ4n) is 2.97. The third-order valence-corrected chi connectivity index (χ3v) is 4.65. The predicted molar refractivity (Wildman–Crippen MR) is 107 cm³/mol. The molecule has 0 radical (unpaired) electrons. The van der Waals surface area contributed by atoms with E-state index in [-0.39, 0.29) is 11.9 Å². The summed E-state index contributed by atoms with van der Waals surface area (Å²) >= 11 is 0. The van der Waals surface area contributed by atoms with E-state index < -0.39 is 6.10 Å². The summed E-state index contributed by atoms with van der Waals surface area (Å²) in [4.78, 5) is 12.9. The molecule has 1 amide bonds. The Bertz CT molecular complexity index is 709. The Kier molecular flexibility index (Phi) is 7.26. The van der Waals surface area contributed by atoms with Crippen molar-refractivity contribution in [3.8, 4) is 5.75 Å². The van der Waals surface area contributed by atoms with Gasteiger partial charge in [0.05, 0.1) is 6.04 Å². The van der Waals surface area contributed by atoms with Gasteiger partial charge in [-0.1, -0.05) is 57.2 Å². The van der Waals surface area contributed by atoms with Crippen molar-refractivity contribution in [2.75, 3.05) is 0 Å². The van der Waals surface area contributed by atoms with E-state index in [4.69, 9.17) is 4.74 Å². The fourth-order valence-corrected chi connectivity index (χ4v) is 2.97. The van der Waals surface area contributed by atoms with Crippen LogP contribution >= 0.6 is 0 Å². The maximum atomic E-state index is 12.9. The summed E-state index contributed by atoms with van der Waals surface area (Å²) in [6.45, 7) is 10.4. The Morgan fingerprint density at radius 3 is 2.31 bits per heavy atom. The van der Waals surface area contributed by atoms with Gasteiger partial charge in [0, 0.05) is 0 Å². The molecule has 0 aliphatic carbocycles. The van der Waals surface area contributed by atoms with Crippen LogP contribution < -0.4 is 10.1 Å². The van der Waals surface area contributed by atoms with E-state index in [0.29, 0.717) is 12.3 Å². The second kappa shape index (κ2) is 9.42.